The molecule has 0 heterocycles. The third-order valence-corrected chi connectivity index (χ3v) is 7.70. The molecule has 162 valence electrons. The molecule has 1 unspecified atom stereocenters. The summed E-state index contributed by atoms with van der Waals surface area (Å²) in [5, 5.41) is 2.90. The van der Waals surface area contributed by atoms with E-state index < -0.39 is 0 Å². The molecule has 4 rings (SSSR count). The molecular weight excluding hydrogens is 372 g/mol. The first-order chi connectivity index (χ1) is 15.0. The second-order valence-electron chi connectivity index (χ2n) is 9.57. The van der Waals surface area contributed by atoms with E-state index in [0.29, 0.717) is 5.92 Å². The van der Waals surface area contributed by atoms with Crippen LogP contribution < -0.4 is 10.4 Å². The Kier molecular flexibility index (Phi) is 6.37. The van der Waals surface area contributed by atoms with Gasteiger partial charge in [-0.1, -0.05) is 101 Å². The highest BCUT2D eigenvalue weighted by Crippen LogP contribution is 2.43. The largest absolute Gasteiger partial charge is 0.0834 e. The van der Waals surface area contributed by atoms with E-state index in [0.717, 1.165) is 25.7 Å². The van der Waals surface area contributed by atoms with E-state index in [1.165, 1.54) is 51.1 Å². The van der Waals surface area contributed by atoms with Crippen molar-refractivity contribution in [2.45, 2.75) is 79.1 Å². The normalized spacial score (nSPS) is 19.5. The van der Waals surface area contributed by atoms with Crippen molar-refractivity contribution in [3.05, 3.63) is 93.4 Å². The van der Waals surface area contributed by atoms with Crippen LogP contribution in [-0.4, -0.2) is 0 Å². The summed E-state index contributed by atoms with van der Waals surface area (Å²) in [6, 6.07) is 14.6. The molecule has 0 aromatic heterocycles. The molecule has 0 aliphatic heterocycles. The Hall–Kier alpha value is -2.34. The van der Waals surface area contributed by atoms with E-state index in [2.05, 4.69) is 95.3 Å². The van der Waals surface area contributed by atoms with Gasteiger partial charge in [-0.3, -0.25) is 0 Å². The zero-order valence-corrected chi connectivity index (χ0v) is 20.1. The van der Waals surface area contributed by atoms with Gasteiger partial charge in [0.15, 0.2) is 0 Å². The summed E-state index contributed by atoms with van der Waals surface area (Å²) in [5.41, 5.74) is 9.12. The number of benzene rings is 2. The molecule has 31 heavy (non-hydrogen) atoms. The standard InChI is InChI=1S/C31H38/c1-6-22(7-2)24-13-15-28-26(19-24)21-27-20-25(23(8-3)9-4)14-16-29(27)30(28)31(5)17-11-10-12-18-31/h10-17,19-20,22H,6-9,18,21H2,1-5H3. The molecule has 2 aromatic rings. The highest BCUT2D eigenvalue weighted by Gasteiger charge is 2.32. The average Bonchev–Trinajstić information content (AvgIpc) is 2.79. The Morgan fingerprint density at radius 1 is 0.903 bits per heavy atom. The van der Waals surface area contributed by atoms with Crippen LogP contribution >= 0.6 is 0 Å². The van der Waals surface area contributed by atoms with Crippen LogP contribution in [-0.2, 0) is 6.42 Å². The van der Waals surface area contributed by atoms with E-state index in [4.69, 9.17) is 0 Å². The van der Waals surface area contributed by atoms with Crippen LogP contribution in [0.25, 0.3) is 11.1 Å². The third kappa shape index (κ3) is 3.98. The van der Waals surface area contributed by atoms with Crippen LogP contribution in [0.5, 0.6) is 0 Å². The first kappa shape index (κ1) is 21.9. The van der Waals surface area contributed by atoms with Crippen LogP contribution in [0.2, 0.25) is 0 Å². The molecule has 0 spiro atoms. The van der Waals surface area contributed by atoms with Crippen molar-refractivity contribution in [1.82, 2.24) is 0 Å². The molecule has 2 aliphatic carbocycles. The van der Waals surface area contributed by atoms with Gasteiger partial charge < -0.3 is 0 Å². The predicted molar refractivity (Wildman–Crippen MR) is 136 cm³/mol. The van der Waals surface area contributed by atoms with Gasteiger partial charge in [0.1, 0.15) is 0 Å². The monoisotopic (exact) mass is 410 g/mol. The second kappa shape index (κ2) is 9.03. The van der Waals surface area contributed by atoms with Gasteiger partial charge in [-0.2, -0.15) is 0 Å². The lowest BCUT2D eigenvalue weighted by Gasteiger charge is -2.34. The lowest BCUT2D eigenvalue weighted by molar-refractivity contribution is 0.572. The minimum atomic E-state index is 0.0404. The van der Waals surface area contributed by atoms with Gasteiger partial charge in [0.2, 0.25) is 0 Å². The molecule has 2 aliphatic rings. The minimum Gasteiger partial charge on any atom is -0.0834 e. The molecule has 0 bridgehead atoms. The van der Waals surface area contributed by atoms with Crippen molar-refractivity contribution < 1.29 is 0 Å². The molecule has 2 aromatic carbocycles. The lowest BCUT2D eigenvalue weighted by Crippen LogP contribution is -2.31. The molecule has 0 heteroatoms. The van der Waals surface area contributed by atoms with Crippen LogP contribution in [0.3, 0.4) is 0 Å². The van der Waals surface area contributed by atoms with Gasteiger partial charge in [-0.25, -0.2) is 0 Å². The van der Waals surface area contributed by atoms with Gasteiger partial charge in [-0.05, 0) is 82.7 Å². The first-order valence-electron chi connectivity index (χ1n) is 12.4. The van der Waals surface area contributed by atoms with Crippen molar-refractivity contribution in [1.29, 1.82) is 0 Å². The van der Waals surface area contributed by atoms with E-state index in [9.17, 15) is 0 Å². The molecule has 0 radical (unpaired) electrons. The summed E-state index contributed by atoms with van der Waals surface area (Å²) in [6.45, 7) is 11.6. The van der Waals surface area contributed by atoms with Crippen molar-refractivity contribution in [2.24, 2.45) is 5.41 Å². The SMILES string of the molecule is CCC(CC)=c1ccc2c(c1)Cc1cc(C(CC)CC)ccc1C=2C1(C)C=CC=CC1. The summed E-state index contributed by atoms with van der Waals surface area (Å²) >= 11 is 0. The lowest BCUT2D eigenvalue weighted by atomic mass is 9.69. The number of hydrogen-bond acceptors (Lipinski definition) is 0. The molecule has 0 saturated heterocycles. The van der Waals surface area contributed by atoms with Gasteiger partial charge in [0.05, 0.1) is 0 Å². The van der Waals surface area contributed by atoms with Crippen LogP contribution in [0.4, 0.5) is 0 Å². The maximum absolute atomic E-state index is 2.53. The zero-order chi connectivity index (χ0) is 22.0. The van der Waals surface area contributed by atoms with Crippen LogP contribution in [0.1, 0.15) is 94.9 Å². The van der Waals surface area contributed by atoms with Crippen molar-refractivity contribution in [3.63, 3.8) is 0 Å². The van der Waals surface area contributed by atoms with Crippen molar-refractivity contribution >= 4 is 11.1 Å². The Morgan fingerprint density at radius 3 is 2.32 bits per heavy atom. The zero-order valence-electron chi connectivity index (χ0n) is 20.1. The maximum Gasteiger partial charge on any atom is 0.0153 e. The smallest absolute Gasteiger partial charge is 0.0153 e. The van der Waals surface area contributed by atoms with Crippen LogP contribution in [0.15, 0.2) is 60.7 Å². The Labute approximate surface area is 189 Å². The number of fused-ring (bicyclic) bond motifs is 2. The Bertz CT molecular complexity index is 1130. The maximum atomic E-state index is 2.53. The van der Waals surface area contributed by atoms with Crippen molar-refractivity contribution in [2.75, 3.05) is 0 Å². The minimum absolute atomic E-state index is 0.0404. The topological polar surface area (TPSA) is 0 Å². The van der Waals surface area contributed by atoms with Crippen molar-refractivity contribution in [3.8, 4) is 0 Å². The first-order valence-corrected chi connectivity index (χ1v) is 12.4. The molecule has 0 fully saturated rings. The molecular formula is C31H38. The summed E-state index contributed by atoms with van der Waals surface area (Å²) in [4.78, 5) is 0. The van der Waals surface area contributed by atoms with E-state index in [-0.39, 0.29) is 5.41 Å². The molecule has 1 atom stereocenters. The third-order valence-electron chi connectivity index (χ3n) is 7.70. The van der Waals surface area contributed by atoms with E-state index >= 15 is 0 Å². The van der Waals surface area contributed by atoms with E-state index in [1.54, 1.807) is 5.57 Å². The fourth-order valence-electron chi connectivity index (χ4n) is 5.76. The van der Waals surface area contributed by atoms with E-state index in [1.807, 2.05) is 0 Å². The van der Waals surface area contributed by atoms with Crippen LogP contribution in [0, 0.1) is 5.41 Å². The molecule has 0 amide bonds. The second-order valence-corrected chi connectivity index (χ2v) is 9.57. The quantitative estimate of drug-likeness (QED) is 0.473. The Balaban J connectivity index is 1.99. The van der Waals surface area contributed by atoms with Gasteiger partial charge in [0.25, 0.3) is 0 Å². The highest BCUT2D eigenvalue weighted by molar-refractivity contribution is 5.77. The average molecular weight is 411 g/mol. The number of hydrogen-bond donors (Lipinski definition) is 0. The fraction of sp³-hybridized carbons (Fsp3) is 0.419. The molecule has 0 N–H and O–H groups in total. The summed E-state index contributed by atoms with van der Waals surface area (Å²) in [5.74, 6) is 0.662. The summed E-state index contributed by atoms with van der Waals surface area (Å²) in [6.07, 6.45) is 16.0. The summed E-state index contributed by atoms with van der Waals surface area (Å²) in [7, 11) is 0. The molecule has 0 saturated carbocycles. The molecule has 0 nitrogen and oxygen atoms in total. The number of allylic oxidation sites excluding steroid dienone is 4. The van der Waals surface area contributed by atoms with Gasteiger partial charge in [0, 0.05) is 5.41 Å². The van der Waals surface area contributed by atoms with Gasteiger partial charge >= 0.3 is 0 Å². The fourth-order valence-corrected chi connectivity index (χ4v) is 5.76. The summed E-state index contributed by atoms with van der Waals surface area (Å²) < 4.78 is 0. The predicted octanol–water partition coefficient (Wildman–Crippen LogP) is 7.19. The number of rotatable bonds is 6. The highest BCUT2D eigenvalue weighted by atomic mass is 14.3. The van der Waals surface area contributed by atoms with Gasteiger partial charge in [-0.15, -0.1) is 0 Å². The Morgan fingerprint density at radius 2 is 1.68 bits per heavy atom.